The monoisotopic (exact) mass is 307 g/mol. The van der Waals surface area contributed by atoms with Crippen LogP contribution in [-0.2, 0) is 10.2 Å². The van der Waals surface area contributed by atoms with Gasteiger partial charge in [0.2, 0.25) is 5.91 Å². The summed E-state index contributed by atoms with van der Waals surface area (Å²) >= 11 is 6.07. The van der Waals surface area contributed by atoms with Gasteiger partial charge in [0.1, 0.15) is 0 Å². The molecule has 2 aliphatic rings. The summed E-state index contributed by atoms with van der Waals surface area (Å²) in [6, 6.07) is 7.68. The molecule has 0 heterocycles. The van der Waals surface area contributed by atoms with Crippen molar-refractivity contribution in [3.05, 3.63) is 34.9 Å². The summed E-state index contributed by atoms with van der Waals surface area (Å²) in [5.74, 6) is 0.540. The van der Waals surface area contributed by atoms with Crippen molar-refractivity contribution >= 4 is 17.5 Å². The molecule has 1 aromatic rings. The van der Waals surface area contributed by atoms with E-state index < -0.39 is 0 Å². The highest BCUT2D eigenvalue weighted by molar-refractivity contribution is 6.30. The summed E-state index contributed by atoms with van der Waals surface area (Å²) in [5.41, 5.74) is 0.646. The summed E-state index contributed by atoms with van der Waals surface area (Å²) in [5, 5.41) is 13.4. The van der Waals surface area contributed by atoms with Crippen LogP contribution in [0.25, 0.3) is 0 Å². The normalized spacial score (nSPS) is 27.1. The number of nitrogens with one attached hydrogen (secondary N) is 1. The van der Waals surface area contributed by atoms with E-state index in [0.717, 1.165) is 44.1 Å². The van der Waals surface area contributed by atoms with Gasteiger partial charge in [0.05, 0.1) is 11.5 Å². The molecule has 21 heavy (non-hydrogen) atoms. The molecule has 114 valence electrons. The van der Waals surface area contributed by atoms with Gasteiger partial charge >= 0.3 is 0 Å². The van der Waals surface area contributed by atoms with Crippen LogP contribution in [0.3, 0.4) is 0 Å². The second-order valence-corrected chi connectivity index (χ2v) is 6.93. The van der Waals surface area contributed by atoms with Crippen LogP contribution in [0.2, 0.25) is 5.02 Å². The average molecular weight is 308 g/mol. The number of benzene rings is 1. The molecule has 1 aromatic carbocycles. The summed E-state index contributed by atoms with van der Waals surface area (Å²) in [7, 11) is 0. The van der Waals surface area contributed by atoms with Crippen LogP contribution in [0, 0.1) is 5.92 Å². The summed E-state index contributed by atoms with van der Waals surface area (Å²) in [6.07, 6.45) is 5.37. The number of hydrogen-bond donors (Lipinski definition) is 2. The molecule has 2 N–H and O–H groups in total. The van der Waals surface area contributed by atoms with Gasteiger partial charge in [-0.15, -0.1) is 0 Å². The molecule has 3 nitrogen and oxygen atoms in total. The van der Waals surface area contributed by atoms with Crippen molar-refractivity contribution in [2.75, 3.05) is 6.54 Å². The fraction of sp³-hybridized carbons (Fsp3) is 0.588. The van der Waals surface area contributed by atoms with Gasteiger partial charge in [-0.1, -0.05) is 30.2 Å². The minimum atomic E-state index is -0.387. The molecule has 0 aliphatic heterocycles. The van der Waals surface area contributed by atoms with E-state index in [4.69, 9.17) is 11.6 Å². The number of carbonyl (C=O) groups is 1. The van der Waals surface area contributed by atoms with Gasteiger partial charge in [-0.3, -0.25) is 4.79 Å². The van der Waals surface area contributed by atoms with E-state index in [1.165, 1.54) is 0 Å². The first-order valence-electron chi connectivity index (χ1n) is 7.82. The maximum Gasteiger partial charge on any atom is 0.230 e. The van der Waals surface area contributed by atoms with E-state index in [9.17, 15) is 9.90 Å². The van der Waals surface area contributed by atoms with E-state index in [-0.39, 0.29) is 17.4 Å². The number of carbonyl (C=O) groups excluding carboxylic acids is 1. The fourth-order valence-corrected chi connectivity index (χ4v) is 3.79. The lowest BCUT2D eigenvalue weighted by atomic mass is 9.64. The van der Waals surface area contributed by atoms with Crippen LogP contribution in [0.5, 0.6) is 0 Å². The Morgan fingerprint density at radius 2 is 2.19 bits per heavy atom. The average Bonchev–Trinajstić information content (AvgIpc) is 2.81. The van der Waals surface area contributed by atoms with Crippen molar-refractivity contribution in [3.63, 3.8) is 0 Å². The molecule has 0 aromatic heterocycles. The Morgan fingerprint density at radius 1 is 1.38 bits per heavy atom. The predicted molar refractivity (Wildman–Crippen MR) is 83.3 cm³/mol. The van der Waals surface area contributed by atoms with Gasteiger partial charge in [0, 0.05) is 11.6 Å². The maximum absolute atomic E-state index is 12.7. The molecule has 2 fully saturated rings. The number of hydrogen-bond acceptors (Lipinski definition) is 2. The number of amides is 1. The number of aliphatic hydroxyl groups is 1. The number of aliphatic hydroxyl groups excluding tert-OH is 1. The minimum absolute atomic E-state index is 0.123. The van der Waals surface area contributed by atoms with Crippen molar-refractivity contribution in [1.82, 2.24) is 5.32 Å². The van der Waals surface area contributed by atoms with E-state index in [1.807, 2.05) is 24.3 Å². The Bertz CT molecular complexity index is 527. The zero-order chi connectivity index (χ0) is 14.9. The highest BCUT2D eigenvalue weighted by atomic mass is 35.5. The van der Waals surface area contributed by atoms with Gasteiger partial charge in [-0.05, 0) is 55.7 Å². The van der Waals surface area contributed by atoms with Crippen molar-refractivity contribution in [2.45, 2.75) is 50.0 Å². The van der Waals surface area contributed by atoms with Crippen molar-refractivity contribution < 1.29 is 9.90 Å². The van der Waals surface area contributed by atoms with Crippen LogP contribution in [0.15, 0.2) is 24.3 Å². The zero-order valence-electron chi connectivity index (χ0n) is 12.1. The summed E-state index contributed by atoms with van der Waals surface area (Å²) in [6.45, 7) is 0.679. The highest BCUT2D eigenvalue weighted by Gasteiger charge is 2.45. The molecule has 2 atom stereocenters. The highest BCUT2D eigenvalue weighted by Crippen LogP contribution is 2.44. The third-order valence-electron chi connectivity index (χ3n) is 5.08. The lowest BCUT2D eigenvalue weighted by Crippen LogP contribution is -2.50. The first-order valence-corrected chi connectivity index (χ1v) is 8.20. The first-order chi connectivity index (χ1) is 10.1. The van der Waals surface area contributed by atoms with Crippen LogP contribution in [0.4, 0.5) is 0 Å². The second-order valence-electron chi connectivity index (χ2n) is 6.49. The Hall–Kier alpha value is -1.06. The topological polar surface area (TPSA) is 49.3 Å². The fourth-order valence-electron chi connectivity index (χ4n) is 3.60. The molecule has 2 unspecified atom stereocenters. The molecule has 0 saturated heterocycles. The molecular formula is C17H22ClNO2. The smallest absolute Gasteiger partial charge is 0.230 e. The van der Waals surface area contributed by atoms with E-state index in [1.54, 1.807) is 0 Å². The maximum atomic E-state index is 12.7. The SMILES string of the molecule is O=C(NCC1CCC(O)C1)C1(c2cccc(Cl)c2)CCC1. The molecule has 2 aliphatic carbocycles. The molecule has 0 bridgehead atoms. The summed E-state index contributed by atoms with van der Waals surface area (Å²) < 4.78 is 0. The van der Waals surface area contributed by atoms with Crippen LogP contribution >= 0.6 is 11.6 Å². The van der Waals surface area contributed by atoms with Gasteiger partial charge in [-0.25, -0.2) is 0 Å². The first kappa shape index (κ1) is 14.9. The number of halogens is 1. The van der Waals surface area contributed by atoms with Crippen LogP contribution in [-0.4, -0.2) is 23.7 Å². The quantitative estimate of drug-likeness (QED) is 0.898. The predicted octanol–water partition coefficient (Wildman–Crippen LogP) is 3.04. The third-order valence-corrected chi connectivity index (χ3v) is 5.32. The van der Waals surface area contributed by atoms with Gasteiger partial charge < -0.3 is 10.4 Å². The third kappa shape index (κ3) is 2.95. The Labute approximate surface area is 130 Å². The van der Waals surface area contributed by atoms with Crippen molar-refractivity contribution in [3.8, 4) is 0 Å². The van der Waals surface area contributed by atoms with Gasteiger partial charge in [-0.2, -0.15) is 0 Å². The largest absolute Gasteiger partial charge is 0.393 e. The lowest BCUT2D eigenvalue weighted by Gasteiger charge is -2.41. The minimum Gasteiger partial charge on any atom is -0.393 e. The van der Waals surface area contributed by atoms with Gasteiger partial charge in [0.25, 0.3) is 0 Å². The molecule has 1 amide bonds. The van der Waals surface area contributed by atoms with E-state index in [0.29, 0.717) is 17.5 Å². The second kappa shape index (κ2) is 5.98. The Morgan fingerprint density at radius 3 is 2.76 bits per heavy atom. The molecule has 3 rings (SSSR count). The Kier molecular flexibility index (Phi) is 4.23. The molecule has 4 heteroatoms. The molecule has 0 spiro atoms. The molecule has 0 radical (unpaired) electrons. The van der Waals surface area contributed by atoms with Crippen molar-refractivity contribution in [2.24, 2.45) is 5.92 Å². The van der Waals surface area contributed by atoms with Gasteiger partial charge in [0.15, 0.2) is 0 Å². The van der Waals surface area contributed by atoms with Crippen molar-refractivity contribution in [1.29, 1.82) is 0 Å². The van der Waals surface area contributed by atoms with Crippen LogP contribution < -0.4 is 5.32 Å². The van der Waals surface area contributed by atoms with E-state index >= 15 is 0 Å². The molecule has 2 saturated carbocycles. The Balaban J connectivity index is 1.66. The lowest BCUT2D eigenvalue weighted by molar-refractivity contribution is -0.130. The molecular weight excluding hydrogens is 286 g/mol. The van der Waals surface area contributed by atoms with E-state index in [2.05, 4.69) is 5.32 Å². The van der Waals surface area contributed by atoms with Crippen LogP contribution in [0.1, 0.15) is 44.1 Å². The summed E-state index contributed by atoms with van der Waals surface area (Å²) in [4.78, 5) is 12.7. The standard InChI is InChI=1S/C17H22ClNO2/c18-14-4-1-3-13(10-14)17(7-2-8-17)16(21)19-11-12-5-6-15(20)9-12/h1,3-4,10,12,15,20H,2,5-9,11H2,(H,19,21). The zero-order valence-corrected chi connectivity index (χ0v) is 12.9. The number of rotatable bonds is 4.